The number of rotatable bonds is 0. The zero-order chi connectivity index (χ0) is 25.3. The Bertz CT molecular complexity index is 2000. The molecule has 0 N–H and O–H groups in total. The highest BCUT2D eigenvalue weighted by molar-refractivity contribution is 6.27. The molecular formula is C35H18O3. The van der Waals surface area contributed by atoms with Crippen LogP contribution in [-0.2, 0) is 4.79 Å². The number of Topliss-reactive ketones (excluding diaryl/α,β-unsaturated/α-hetero) is 1. The molecule has 0 saturated heterocycles. The van der Waals surface area contributed by atoms with Crippen molar-refractivity contribution in [3.63, 3.8) is 0 Å². The van der Waals surface area contributed by atoms with Gasteiger partial charge in [-0.3, -0.25) is 14.4 Å². The van der Waals surface area contributed by atoms with Gasteiger partial charge < -0.3 is 0 Å². The fourth-order valence-electron chi connectivity index (χ4n) is 7.39. The predicted octanol–water partition coefficient (Wildman–Crippen LogP) is 7.08. The number of benzene rings is 6. The van der Waals surface area contributed by atoms with Gasteiger partial charge in [0, 0.05) is 22.3 Å². The third kappa shape index (κ3) is 2.20. The highest BCUT2D eigenvalue weighted by Gasteiger charge is 2.49. The van der Waals surface area contributed by atoms with Gasteiger partial charge in [0.2, 0.25) is 0 Å². The Labute approximate surface area is 217 Å². The first kappa shape index (κ1) is 20.2. The van der Waals surface area contributed by atoms with Crippen LogP contribution in [0.15, 0.2) is 97.1 Å². The van der Waals surface area contributed by atoms with E-state index in [1.807, 2.05) is 97.1 Å². The van der Waals surface area contributed by atoms with Gasteiger partial charge >= 0.3 is 0 Å². The Morgan fingerprint density at radius 2 is 0.789 bits per heavy atom. The van der Waals surface area contributed by atoms with Crippen LogP contribution in [0.3, 0.4) is 0 Å². The molecule has 0 radical (unpaired) electrons. The fourth-order valence-corrected chi connectivity index (χ4v) is 7.39. The van der Waals surface area contributed by atoms with E-state index in [1.54, 1.807) is 0 Å². The first-order valence-corrected chi connectivity index (χ1v) is 12.9. The van der Waals surface area contributed by atoms with Crippen molar-refractivity contribution >= 4 is 49.7 Å². The van der Waals surface area contributed by atoms with Gasteiger partial charge in [-0.25, -0.2) is 0 Å². The Morgan fingerprint density at radius 1 is 0.395 bits per heavy atom. The molecule has 38 heavy (non-hydrogen) atoms. The SMILES string of the molecule is O=C1c2ccc3ccccc3c2C2C(=O)C3c4c(ccc5ccccc45)C(=O)c4ccc5ccc1c2c5c43. The van der Waals surface area contributed by atoms with Gasteiger partial charge in [-0.05, 0) is 54.6 Å². The zero-order valence-corrected chi connectivity index (χ0v) is 20.1. The van der Waals surface area contributed by atoms with Crippen molar-refractivity contribution in [2.24, 2.45) is 0 Å². The normalized spacial score (nSPS) is 18.7. The van der Waals surface area contributed by atoms with Crippen molar-refractivity contribution in [2.45, 2.75) is 11.8 Å². The van der Waals surface area contributed by atoms with Crippen molar-refractivity contribution in [3.05, 3.63) is 142 Å². The molecular weight excluding hydrogens is 468 g/mol. The van der Waals surface area contributed by atoms with E-state index in [-0.39, 0.29) is 17.3 Å². The molecule has 0 spiro atoms. The van der Waals surface area contributed by atoms with Crippen LogP contribution in [0.25, 0.3) is 32.3 Å². The van der Waals surface area contributed by atoms with E-state index in [0.29, 0.717) is 22.3 Å². The summed E-state index contributed by atoms with van der Waals surface area (Å²) in [6.07, 6.45) is 0. The topological polar surface area (TPSA) is 51.2 Å². The van der Waals surface area contributed by atoms with Gasteiger partial charge in [0.1, 0.15) is 0 Å². The lowest BCUT2D eigenvalue weighted by Gasteiger charge is -2.39. The van der Waals surface area contributed by atoms with Gasteiger partial charge in [0.05, 0.1) is 11.8 Å². The number of carbonyl (C=O) groups is 3. The number of hydrogen-bond acceptors (Lipinski definition) is 3. The van der Waals surface area contributed by atoms with E-state index >= 15 is 0 Å². The van der Waals surface area contributed by atoms with Crippen LogP contribution in [-0.4, -0.2) is 17.3 Å². The predicted molar refractivity (Wildman–Crippen MR) is 147 cm³/mol. The summed E-state index contributed by atoms with van der Waals surface area (Å²) >= 11 is 0. The van der Waals surface area contributed by atoms with Crippen LogP contribution in [0.5, 0.6) is 0 Å². The number of hydrogen-bond donors (Lipinski definition) is 0. The van der Waals surface area contributed by atoms with Crippen molar-refractivity contribution in [3.8, 4) is 0 Å². The molecule has 0 heterocycles. The minimum absolute atomic E-state index is 0.0360. The first-order chi connectivity index (χ1) is 18.6. The van der Waals surface area contributed by atoms with E-state index in [4.69, 9.17) is 0 Å². The summed E-state index contributed by atoms with van der Waals surface area (Å²) in [5, 5.41) is 5.73. The lowest BCUT2D eigenvalue weighted by atomic mass is 9.60. The smallest absolute Gasteiger partial charge is 0.193 e. The van der Waals surface area contributed by atoms with Crippen LogP contribution >= 0.6 is 0 Å². The molecule has 9 rings (SSSR count). The van der Waals surface area contributed by atoms with Gasteiger partial charge in [-0.2, -0.15) is 0 Å². The molecule has 0 fully saturated rings. The van der Waals surface area contributed by atoms with Crippen LogP contribution in [0.2, 0.25) is 0 Å². The van der Waals surface area contributed by atoms with E-state index in [0.717, 1.165) is 54.6 Å². The minimum Gasteiger partial charge on any atom is -0.298 e. The maximum absolute atomic E-state index is 15.0. The molecule has 0 aliphatic heterocycles. The molecule has 0 aromatic heterocycles. The highest BCUT2D eigenvalue weighted by Crippen LogP contribution is 2.55. The first-order valence-electron chi connectivity index (χ1n) is 12.9. The summed E-state index contributed by atoms with van der Waals surface area (Å²) in [7, 11) is 0. The van der Waals surface area contributed by atoms with Crippen molar-refractivity contribution in [1.82, 2.24) is 0 Å². The van der Waals surface area contributed by atoms with Crippen molar-refractivity contribution in [2.75, 3.05) is 0 Å². The third-order valence-electron chi connectivity index (χ3n) is 8.91. The summed E-state index contributed by atoms with van der Waals surface area (Å²) in [6.45, 7) is 0. The molecule has 3 aliphatic carbocycles. The zero-order valence-electron chi connectivity index (χ0n) is 20.1. The van der Waals surface area contributed by atoms with Gasteiger partial charge in [0.15, 0.2) is 17.3 Å². The molecule has 176 valence electrons. The van der Waals surface area contributed by atoms with E-state index in [9.17, 15) is 14.4 Å². The monoisotopic (exact) mass is 486 g/mol. The number of fused-ring (bicyclic) bond motifs is 8. The average molecular weight is 487 g/mol. The molecule has 3 nitrogen and oxygen atoms in total. The lowest BCUT2D eigenvalue weighted by molar-refractivity contribution is -0.120. The largest absolute Gasteiger partial charge is 0.298 e. The molecule has 6 aromatic rings. The van der Waals surface area contributed by atoms with Crippen LogP contribution in [0, 0.1) is 0 Å². The fraction of sp³-hybridized carbons (Fsp3) is 0.0571. The van der Waals surface area contributed by atoms with E-state index in [1.165, 1.54) is 0 Å². The summed E-state index contributed by atoms with van der Waals surface area (Å²) < 4.78 is 0. The Balaban J connectivity index is 1.50. The second-order valence-corrected chi connectivity index (χ2v) is 10.6. The molecule has 0 bridgehead atoms. The summed E-state index contributed by atoms with van der Waals surface area (Å²) in [4.78, 5) is 42.8. The second kappa shape index (κ2) is 6.70. The number of carbonyl (C=O) groups excluding carboxylic acids is 3. The second-order valence-electron chi connectivity index (χ2n) is 10.6. The standard InChI is InChI=1S/C35H18O3/c36-33-22-13-9-17-5-1-3-7-20(17)27(22)31-29-24(33)15-11-19-12-16-25-30(26(19)29)32(35(31)38)28-21-8-4-2-6-18(21)10-14-23(28)34(25)37/h1-16,31-32H. The molecule has 6 aromatic carbocycles. The lowest BCUT2D eigenvalue weighted by Crippen LogP contribution is -2.36. The highest BCUT2D eigenvalue weighted by atomic mass is 16.1. The van der Waals surface area contributed by atoms with Gasteiger partial charge in [-0.15, -0.1) is 0 Å². The molecule has 3 aliphatic rings. The van der Waals surface area contributed by atoms with Crippen molar-refractivity contribution < 1.29 is 14.4 Å². The molecule has 2 atom stereocenters. The van der Waals surface area contributed by atoms with Crippen LogP contribution < -0.4 is 0 Å². The number of ketones is 3. The summed E-state index contributed by atoms with van der Waals surface area (Å²) in [6, 6.07) is 31.3. The van der Waals surface area contributed by atoms with Crippen molar-refractivity contribution in [1.29, 1.82) is 0 Å². The van der Waals surface area contributed by atoms with E-state index in [2.05, 4.69) is 0 Å². The molecule has 3 heteroatoms. The average Bonchev–Trinajstić information content (AvgIpc) is 2.96. The Kier molecular flexibility index (Phi) is 3.56. The Hall–Kier alpha value is -4.89. The third-order valence-corrected chi connectivity index (χ3v) is 8.91. The van der Waals surface area contributed by atoms with Gasteiger partial charge in [-0.1, -0.05) is 97.1 Å². The van der Waals surface area contributed by atoms with Gasteiger partial charge in [0.25, 0.3) is 0 Å². The quantitative estimate of drug-likeness (QED) is 0.230. The minimum atomic E-state index is -0.583. The Morgan fingerprint density at radius 3 is 1.26 bits per heavy atom. The molecule has 0 amide bonds. The summed E-state index contributed by atoms with van der Waals surface area (Å²) in [5.74, 6) is -1.25. The molecule has 0 saturated carbocycles. The van der Waals surface area contributed by atoms with E-state index < -0.39 is 11.8 Å². The van der Waals surface area contributed by atoms with Crippen LogP contribution in [0.4, 0.5) is 0 Å². The molecule has 2 unspecified atom stereocenters. The summed E-state index contributed by atoms with van der Waals surface area (Å²) in [5.41, 5.74) is 5.47. The maximum Gasteiger partial charge on any atom is 0.193 e. The maximum atomic E-state index is 15.0. The van der Waals surface area contributed by atoms with Crippen LogP contribution in [0.1, 0.15) is 65.9 Å².